The highest BCUT2D eigenvalue weighted by molar-refractivity contribution is 5.93. The summed E-state index contributed by atoms with van der Waals surface area (Å²) in [4.78, 5) is 22.1. The molecule has 0 radical (unpaired) electrons. The molecule has 0 fully saturated rings. The van der Waals surface area contributed by atoms with Crippen molar-refractivity contribution in [2.45, 2.75) is 6.92 Å². The third-order valence-electron chi connectivity index (χ3n) is 2.35. The molecule has 0 spiro atoms. The normalized spacial score (nSPS) is 9.50. The van der Waals surface area contributed by atoms with Crippen molar-refractivity contribution in [3.05, 3.63) is 35.4 Å². The van der Waals surface area contributed by atoms with Gasteiger partial charge in [-0.3, -0.25) is 0 Å². The van der Waals surface area contributed by atoms with E-state index in [1.165, 1.54) is 38.5 Å². The van der Waals surface area contributed by atoms with Gasteiger partial charge in [-0.1, -0.05) is 6.92 Å². The Labute approximate surface area is 117 Å². The van der Waals surface area contributed by atoms with Crippen LogP contribution in [0.15, 0.2) is 24.3 Å². The molecule has 1 rings (SSSR count). The first-order valence-corrected chi connectivity index (χ1v) is 5.98. The number of ether oxygens (including phenoxy) is 2. The summed E-state index contributed by atoms with van der Waals surface area (Å²) in [7, 11) is 2.60. The van der Waals surface area contributed by atoms with E-state index in [4.69, 9.17) is 10.2 Å². The molecule has 0 saturated carbocycles. The van der Waals surface area contributed by atoms with E-state index in [1.54, 1.807) is 6.92 Å². The molecule has 0 aliphatic rings. The lowest BCUT2D eigenvalue weighted by Crippen LogP contribution is -2.04. The van der Waals surface area contributed by atoms with E-state index in [2.05, 4.69) is 9.47 Å². The van der Waals surface area contributed by atoms with E-state index in [9.17, 15) is 9.59 Å². The fourth-order valence-electron chi connectivity index (χ4n) is 1.04. The molecule has 6 nitrogen and oxygen atoms in total. The summed E-state index contributed by atoms with van der Waals surface area (Å²) in [5.41, 5.74) is 0.806. The number of methoxy groups -OCH3 is 2. The Kier molecular flexibility index (Phi) is 8.98. The molecule has 6 heteroatoms. The summed E-state index contributed by atoms with van der Waals surface area (Å²) in [6, 6.07) is 6.05. The second-order valence-corrected chi connectivity index (χ2v) is 4.03. The van der Waals surface area contributed by atoms with Crippen molar-refractivity contribution < 1.29 is 29.3 Å². The fourth-order valence-corrected chi connectivity index (χ4v) is 1.04. The number of aliphatic hydroxyl groups excluding tert-OH is 2. The van der Waals surface area contributed by atoms with Crippen molar-refractivity contribution in [2.24, 2.45) is 5.92 Å². The third kappa shape index (κ3) is 6.31. The van der Waals surface area contributed by atoms with Crippen LogP contribution in [-0.2, 0) is 9.47 Å². The Morgan fingerprint density at radius 1 is 0.950 bits per heavy atom. The summed E-state index contributed by atoms with van der Waals surface area (Å²) in [6.07, 6.45) is 0. The van der Waals surface area contributed by atoms with Gasteiger partial charge in [-0.2, -0.15) is 0 Å². The van der Waals surface area contributed by atoms with Gasteiger partial charge in [-0.15, -0.1) is 0 Å². The molecule has 0 atom stereocenters. The molecular weight excluding hydrogens is 264 g/mol. The van der Waals surface area contributed by atoms with Gasteiger partial charge in [-0.25, -0.2) is 9.59 Å². The molecule has 0 aliphatic carbocycles. The highest BCUT2D eigenvalue weighted by Gasteiger charge is 2.08. The molecule has 0 saturated heterocycles. The number of hydrogen-bond acceptors (Lipinski definition) is 6. The van der Waals surface area contributed by atoms with Crippen molar-refractivity contribution in [1.29, 1.82) is 0 Å². The van der Waals surface area contributed by atoms with E-state index < -0.39 is 11.9 Å². The van der Waals surface area contributed by atoms with Crippen molar-refractivity contribution in [1.82, 2.24) is 0 Å². The summed E-state index contributed by atoms with van der Waals surface area (Å²) in [5.74, 6) is -0.812. The molecule has 0 aliphatic heterocycles. The summed E-state index contributed by atoms with van der Waals surface area (Å²) in [5, 5.41) is 16.3. The van der Waals surface area contributed by atoms with E-state index in [0.29, 0.717) is 11.1 Å². The van der Waals surface area contributed by atoms with Crippen LogP contribution in [0.3, 0.4) is 0 Å². The van der Waals surface area contributed by atoms with Gasteiger partial charge in [0, 0.05) is 19.1 Å². The first kappa shape index (κ1) is 18.1. The first-order chi connectivity index (χ1) is 9.49. The van der Waals surface area contributed by atoms with Gasteiger partial charge in [0.2, 0.25) is 0 Å². The first-order valence-electron chi connectivity index (χ1n) is 5.98. The number of rotatable bonds is 4. The standard InChI is InChI=1S/C10H10O4.C4H10O2/c1-13-9(11)7-3-5-8(6-4-7)10(12)14-2;1-4(2-5)3-6/h3-6H,1-2H3;4-6H,2-3H2,1H3. The molecule has 1 aromatic carbocycles. The van der Waals surface area contributed by atoms with Gasteiger partial charge in [0.05, 0.1) is 25.3 Å². The van der Waals surface area contributed by atoms with Crippen molar-refractivity contribution in [3.63, 3.8) is 0 Å². The Morgan fingerprint density at radius 2 is 1.25 bits per heavy atom. The van der Waals surface area contributed by atoms with Crippen LogP contribution in [-0.4, -0.2) is 49.6 Å². The Balaban J connectivity index is 0.000000511. The molecule has 0 heterocycles. The number of carbonyl (C=O) groups is 2. The molecule has 0 bridgehead atoms. The van der Waals surface area contributed by atoms with Crippen LogP contribution in [0.1, 0.15) is 27.6 Å². The average molecular weight is 284 g/mol. The predicted octanol–water partition coefficient (Wildman–Crippen LogP) is 0.867. The third-order valence-corrected chi connectivity index (χ3v) is 2.35. The lowest BCUT2D eigenvalue weighted by atomic mass is 10.1. The molecule has 2 N–H and O–H groups in total. The van der Waals surface area contributed by atoms with E-state index in [1.807, 2.05) is 0 Å². The van der Waals surface area contributed by atoms with E-state index >= 15 is 0 Å². The van der Waals surface area contributed by atoms with Gasteiger partial charge >= 0.3 is 11.9 Å². The van der Waals surface area contributed by atoms with E-state index in [-0.39, 0.29) is 19.1 Å². The topological polar surface area (TPSA) is 93.1 Å². The van der Waals surface area contributed by atoms with E-state index in [0.717, 1.165) is 0 Å². The molecule has 0 aromatic heterocycles. The molecule has 20 heavy (non-hydrogen) atoms. The van der Waals surface area contributed by atoms with Gasteiger partial charge < -0.3 is 19.7 Å². The van der Waals surface area contributed by atoms with Crippen molar-refractivity contribution >= 4 is 11.9 Å². The zero-order chi connectivity index (χ0) is 15.5. The second kappa shape index (κ2) is 9.94. The summed E-state index contributed by atoms with van der Waals surface area (Å²) in [6.45, 7) is 1.94. The minimum Gasteiger partial charge on any atom is -0.465 e. The van der Waals surface area contributed by atoms with Crippen LogP contribution in [0, 0.1) is 5.92 Å². The highest BCUT2D eigenvalue weighted by Crippen LogP contribution is 2.06. The summed E-state index contributed by atoms with van der Waals surface area (Å²) >= 11 is 0. The van der Waals surface area contributed by atoms with Gasteiger partial charge in [-0.05, 0) is 24.3 Å². The maximum atomic E-state index is 11.0. The SMILES string of the molecule is CC(CO)CO.COC(=O)c1ccc(C(=O)OC)cc1. The average Bonchev–Trinajstić information content (AvgIpc) is 2.53. The zero-order valence-corrected chi connectivity index (χ0v) is 11.8. The monoisotopic (exact) mass is 284 g/mol. The zero-order valence-electron chi connectivity index (χ0n) is 11.8. The lowest BCUT2D eigenvalue weighted by Gasteiger charge is -2.00. The van der Waals surface area contributed by atoms with Crippen LogP contribution < -0.4 is 0 Å². The second-order valence-electron chi connectivity index (χ2n) is 4.03. The van der Waals surface area contributed by atoms with Crippen LogP contribution in [0.4, 0.5) is 0 Å². The molecule has 112 valence electrons. The fraction of sp³-hybridized carbons (Fsp3) is 0.429. The van der Waals surface area contributed by atoms with Crippen LogP contribution in [0.5, 0.6) is 0 Å². The minimum absolute atomic E-state index is 0.0463. The van der Waals surface area contributed by atoms with Crippen molar-refractivity contribution in [2.75, 3.05) is 27.4 Å². The number of benzene rings is 1. The minimum atomic E-state index is -0.429. The Hall–Kier alpha value is -1.92. The number of aliphatic hydroxyl groups is 2. The molecule has 1 aromatic rings. The Bertz CT molecular complexity index is 373. The van der Waals surface area contributed by atoms with Crippen molar-refractivity contribution in [3.8, 4) is 0 Å². The largest absolute Gasteiger partial charge is 0.465 e. The van der Waals surface area contributed by atoms with Gasteiger partial charge in [0.25, 0.3) is 0 Å². The molecular formula is C14H20O6. The Morgan fingerprint density at radius 3 is 1.40 bits per heavy atom. The lowest BCUT2D eigenvalue weighted by molar-refractivity contribution is 0.0586. The quantitative estimate of drug-likeness (QED) is 0.797. The van der Waals surface area contributed by atoms with Crippen LogP contribution in [0.25, 0.3) is 0 Å². The van der Waals surface area contributed by atoms with Crippen LogP contribution in [0.2, 0.25) is 0 Å². The number of esters is 2. The molecule has 0 amide bonds. The number of hydrogen-bond donors (Lipinski definition) is 2. The smallest absolute Gasteiger partial charge is 0.337 e. The molecule has 0 unspecified atom stereocenters. The summed E-state index contributed by atoms with van der Waals surface area (Å²) < 4.78 is 9.02. The number of carbonyl (C=O) groups excluding carboxylic acids is 2. The highest BCUT2D eigenvalue weighted by atomic mass is 16.5. The maximum absolute atomic E-state index is 11.0. The van der Waals surface area contributed by atoms with Gasteiger partial charge in [0.1, 0.15) is 0 Å². The van der Waals surface area contributed by atoms with Crippen LogP contribution >= 0.6 is 0 Å². The predicted molar refractivity (Wildman–Crippen MR) is 72.5 cm³/mol. The maximum Gasteiger partial charge on any atom is 0.337 e. The van der Waals surface area contributed by atoms with Gasteiger partial charge in [0.15, 0.2) is 0 Å².